The highest BCUT2D eigenvalue weighted by molar-refractivity contribution is 5.96. The summed E-state index contributed by atoms with van der Waals surface area (Å²) in [4.78, 5) is 83.7. The van der Waals surface area contributed by atoms with E-state index in [2.05, 4.69) is 46.6 Å². The molecule has 0 spiro atoms. The Balaban J connectivity index is 6.39. The zero-order chi connectivity index (χ0) is 44.0. The Morgan fingerprint density at radius 1 is 0.466 bits per heavy atom. The molecule has 0 fully saturated rings. The minimum Gasteiger partial charge on any atom is -0.370 e. The number of carbonyl (C=O) groups is 5. The van der Waals surface area contributed by atoms with Crippen molar-refractivity contribution in [2.24, 2.45) is 83.2 Å². The van der Waals surface area contributed by atoms with Gasteiger partial charge in [-0.2, -0.15) is 0 Å². The van der Waals surface area contributed by atoms with Crippen molar-refractivity contribution in [2.45, 2.75) is 115 Å². The number of nitrogens with one attached hydrogen (secondary N) is 5. The molecule has 0 rings (SSSR count). The average molecular weight is 826 g/mol. The first kappa shape index (κ1) is 52.3. The number of guanidine groups is 4. The van der Waals surface area contributed by atoms with Gasteiger partial charge in [0.15, 0.2) is 23.8 Å². The Bertz CT molecular complexity index is 1370. The monoisotopic (exact) mass is 826 g/mol. The number of unbranched alkanes of at least 4 members (excludes halogenated alkanes) is 1. The van der Waals surface area contributed by atoms with Crippen molar-refractivity contribution in [3.05, 3.63) is 0 Å². The first-order valence-corrected chi connectivity index (χ1v) is 19.5. The largest absolute Gasteiger partial charge is 0.370 e. The van der Waals surface area contributed by atoms with Crippen LogP contribution in [0.25, 0.3) is 0 Å². The summed E-state index contributed by atoms with van der Waals surface area (Å²) < 4.78 is 0. The number of hydrogen-bond donors (Lipinski definition) is 15. The van der Waals surface area contributed by atoms with Crippen LogP contribution >= 0.6 is 0 Å². The van der Waals surface area contributed by atoms with Crippen LogP contribution in [0.4, 0.5) is 0 Å². The highest BCUT2D eigenvalue weighted by Gasteiger charge is 2.32. The number of aliphatic imine (C=N–C) groups is 4. The smallest absolute Gasteiger partial charge is 0.243 e. The lowest BCUT2D eigenvalue weighted by molar-refractivity contribution is -0.135. The van der Waals surface area contributed by atoms with Gasteiger partial charge in [0.1, 0.15) is 24.2 Å². The van der Waals surface area contributed by atoms with Crippen LogP contribution in [-0.4, -0.2) is 123 Å². The molecule has 0 radical (unpaired) electrons. The maximum absolute atomic E-state index is 14.0. The molecule has 24 nitrogen and oxygen atoms in total. The summed E-state index contributed by atoms with van der Waals surface area (Å²) in [5, 5.41) is 13.7. The molecule has 0 aliphatic heterocycles. The molecule has 0 bridgehead atoms. The van der Waals surface area contributed by atoms with Crippen LogP contribution in [-0.2, 0) is 24.0 Å². The molecule has 5 atom stereocenters. The molecule has 0 aromatic carbocycles. The second-order valence-corrected chi connectivity index (χ2v) is 14.1. The summed E-state index contributed by atoms with van der Waals surface area (Å²) in [6, 6.07) is -5.45. The van der Waals surface area contributed by atoms with Crippen LogP contribution in [0.1, 0.15) is 84.5 Å². The van der Waals surface area contributed by atoms with Gasteiger partial charge in [-0.25, -0.2) is 0 Å². The molecular formula is C34H71N19O5. The zero-order valence-electron chi connectivity index (χ0n) is 34.1. The van der Waals surface area contributed by atoms with E-state index in [1.54, 1.807) is 0 Å². The Hall–Kier alpha value is -5.65. The number of nitrogens with zero attached hydrogens (tertiary/aromatic N) is 4. The fraction of sp³-hybridized carbons (Fsp3) is 0.735. The van der Waals surface area contributed by atoms with E-state index < -0.39 is 59.7 Å². The fourth-order valence-electron chi connectivity index (χ4n) is 5.37. The Morgan fingerprint density at radius 2 is 0.810 bits per heavy atom. The highest BCUT2D eigenvalue weighted by atomic mass is 16.2. The maximum atomic E-state index is 14.0. The lowest BCUT2D eigenvalue weighted by Crippen LogP contribution is -2.59. The number of nitrogens with two attached hydrogens (primary N) is 10. The predicted molar refractivity (Wildman–Crippen MR) is 226 cm³/mol. The van der Waals surface area contributed by atoms with Gasteiger partial charge < -0.3 is 83.9 Å². The normalized spacial score (nSPS) is 13.3. The molecule has 0 aromatic heterocycles. The van der Waals surface area contributed by atoms with Gasteiger partial charge >= 0.3 is 0 Å². The van der Waals surface area contributed by atoms with Gasteiger partial charge in [-0.05, 0) is 83.1 Å². The van der Waals surface area contributed by atoms with Gasteiger partial charge in [-0.1, -0.05) is 13.8 Å². The third-order valence-electron chi connectivity index (χ3n) is 8.31. The summed E-state index contributed by atoms with van der Waals surface area (Å²) in [6.07, 6.45) is 3.33. The molecule has 0 aliphatic rings. The topological polar surface area (TPSA) is 455 Å². The van der Waals surface area contributed by atoms with E-state index in [1.807, 2.05) is 13.8 Å². The number of hydrogen-bond acceptors (Lipinski definition) is 11. The number of rotatable bonds is 31. The zero-order valence-corrected chi connectivity index (χ0v) is 34.1. The van der Waals surface area contributed by atoms with Crippen LogP contribution in [0.3, 0.4) is 0 Å². The van der Waals surface area contributed by atoms with E-state index in [-0.39, 0.29) is 101 Å². The quantitative estimate of drug-likeness (QED) is 0.0176. The third-order valence-corrected chi connectivity index (χ3v) is 8.31. The van der Waals surface area contributed by atoms with Gasteiger partial charge in [0.25, 0.3) is 0 Å². The van der Waals surface area contributed by atoms with Crippen molar-refractivity contribution in [2.75, 3.05) is 39.3 Å². The summed E-state index contributed by atoms with van der Waals surface area (Å²) >= 11 is 0. The van der Waals surface area contributed by atoms with Gasteiger partial charge in [0.05, 0.1) is 6.04 Å². The van der Waals surface area contributed by atoms with E-state index in [0.717, 1.165) is 0 Å². The summed E-state index contributed by atoms with van der Waals surface area (Å²) in [6.45, 7) is 5.26. The lowest BCUT2D eigenvalue weighted by Gasteiger charge is -2.27. The summed E-state index contributed by atoms with van der Waals surface area (Å²) in [7, 11) is 0. The van der Waals surface area contributed by atoms with Crippen molar-refractivity contribution in [1.29, 1.82) is 0 Å². The molecule has 332 valence electrons. The van der Waals surface area contributed by atoms with Crippen molar-refractivity contribution in [3.8, 4) is 0 Å². The molecule has 0 aromatic rings. The van der Waals surface area contributed by atoms with E-state index in [4.69, 9.17) is 57.3 Å². The van der Waals surface area contributed by atoms with Gasteiger partial charge in [-0.15, -0.1) is 0 Å². The van der Waals surface area contributed by atoms with E-state index in [9.17, 15) is 24.0 Å². The Kier molecular flexibility index (Phi) is 27.5. The van der Waals surface area contributed by atoms with E-state index >= 15 is 0 Å². The Morgan fingerprint density at radius 3 is 1.17 bits per heavy atom. The minimum atomic E-state index is -1.21. The molecule has 0 saturated carbocycles. The molecule has 58 heavy (non-hydrogen) atoms. The van der Waals surface area contributed by atoms with Crippen LogP contribution < -0.4 is 83.9 Å². The van der Waals surface area contributed by atoms with Crippen LogP contribution in [0.5, 0.6) is 0 Å². The number of carbonyl (C=O) groups excluding carboxylic acids is 5. The molecule has 0 heterocycles. The van der Waals surface area contributed by atoms with Crippen molar-refractivity contribution >= 4 is 53.4 Å². The van der Waals surface area contributed by atoms with Crippen LogP contribution in [0.2, 0.25) is 0 Å². The minimum absolute atomic E-state index is 0.0436. The van der Waals surface area contributed by atoms with Crippen LogP contribution in [0, 0.1) is 5.92 Å². The van der Waals surface area contributed by atoms with E-state index in [1.165, 1.54) is 0 Å². The standard InChI is InChI=1S/C34H71N19O5/c1-20(2)19-25(53-26(54)21(36)9-5-15-46-31(37)38)30(58)52-24(12-8-18-49-34(43)44)29(57)51-23(11-7-17-48-33(41)42)28(56)50-22(10-6-16-47-32(39)40)27(55)45-14-4-3-13-35/h20-25H,3-19,35-36H2,1-2H3,(H,45,55)(H,50,56)(H,51,57)(H,52,58)(H,53,54)(H4,37,38,46)(H4,39,40,47)(H4,41,42,48)(H4,43,44,49)/t21-,22+,23-,24-,25+/m1/s1. The molecular weight excluding hydrogens is 755 g/mol. The highest BCUT2D eigenvalue weighted by Crippen LogP contribution is 2.10. The lowest BCUT2D eigenvalue weighted by atomic mass is 10.0. The maximum Gasteiger partial charge on any atom is 0.243 e. The second-order valence-electron chi connectivity index (χ2n) is 14.1. The van der Waals surface area contributed by atoms with Gasteiger partial charge in [-0.3, -0.25) is 43.9 Å². The SMILES string of the molecule is CC(C)C[C@H](NC(=O)[C@H](N)CCCN=C(N)N)C(=O)N[C@H](CCCN=C(N)N)C(=O)N[C@H](CCCN=C(N)N)C(=O)N[C@@H](CCCN=C(N)N)C(=O)NCCCCN. The molecule has 0 aliphatic carbocycles. The van der Waals surface area contributed by atoms with Crippen molar-refractivity contribution < 1.29 is 24.0 Å². The summed E-state index contributed by atoms with van der Waals surface area (Å²) in [5.41, 5.74) is 55.2. The van der Waals surface area contributed by atoms with Crippen molar-refractivity contribution in [3.63, 3.8) is 0 Å². The fourth-order valence-corrected chi connectivity index (χ4v) is 5.37. The Labute approximate surface area is 340 Å². The molecule has 0 saturated heterocycles. The first-order valence-electron chi connectivity index (χ1n) is 19.5. The van der Waals surface area contributed by atoms with E-state index in [0.29, 0.717) is 38.8 Å². The van der Waals surface area contributed by atoms with Crippen molar-refractivity contribution in [1.82, 2.24) is 26.6 Å². The number of amides is 5. The average Bonchev–Trinajstić information content (AvgIpc) is 3.14. The molecule has 24 heteroatoms. The van der Waals surface area contributed by atoms with Crippen LogP contribution in [0.15, 0.2) is 20.0 Å². The molecule has 25 N–H and O–H groups in total. The molecule has 0 unspecified atom stereocenters. The second kappa shape index (κ2) is 30.5. The van der Waals surface area contributed by atoms with Gasteiger partial charge in [0, 0.05) is 32.7 Å². The third kappa shape index (κ3) is 26.2. The molecule has 5 amide bonds. The predicted octanol–water partition coefficient (Wildman–Crippen LogP) is -5.63. The summed E-state index contributed by atoms with van der Waals surface area (Å²) in [5.74, 6) is -3.64. The van der Waals surface area contributed by atoms with Gasteiger partial charge in [0.2, 0.25) is 29.5 Å². The first-order chi connectivity index (χ1) is 27.4.